The summed E-state index contributed by atoms with van der Waals surface area (Å²) in [4.78, 5) is 21.6. The number of hydrogen-bond donors (Lipinski definition) is 2. The van der Waals surface area contributed by atoms with Gasteiger partial charge in [-0.1, -0.05) is 42.5 Å². The fraction of sp³-hybridized carbons (Fsp3) is 0.130. The van der Waals surface area contributed by atoms with Crippen LogP contribution in [0, 0.1) is 11.3 Å². The van der Waals surface area contributed by atoms with Gasteiger partial charge in [-0.15, -0.1) is 0 Å². The predicted octanol–water partition coefficient (Wildman–Crippen LogP) is 3.62. The van der Waals surface area contributed by atoms with E-state index in [1.807, 2.05) is 79.2 Å². The lowest BCUT2D eigenvalue weighted by Crippen LogP contribution is -2.23. The number of benzene rings is 2. The number of para-hydroxylation sites is 1. The van der Waals surface area contributed by atoms with Gasteiger partial charge in [-0.25, -0.2) is 9.97 Å². The number of nitrogen functional groups attached to an aromatic ring is 1. The number of nitrogens with zero attached hydrogens (tertiary/aromatic N) is 4. The minimum absolute atomic E-state index is 0.0666. The summed E-state index contributed by atoms with van der Waals surface area (Å²) < 4.78 is 2.03. The number of nitrogens with one attached hydrogen (secondary N) is 1. The average molecular weight is 396 g/mol. The third kappa shape index (κ3) is 3.14. The van der Waals surface area contributed by atoms with Crippen LogP contribution in [0.5, 0.6) is 0 Å². The molecule has 3 N–H and O–H groups in total. The second-order valence-corrected chi connectivity index (χ2v) is 6.99. The van der Waals surface area contributed by atoms with Gasteiger partial charge in [-0.05, 0) is 24.6 Å². The van der Waals surface area contributed by atoms with Crippen LogP contribution in [0.25, 0.3) is 22.2 Å². The summed E-state index contributed by atoms with van der Waals surface area (Å²) in [6.07, 6.45) is 1.29. The molecule has 2 aromatic heterocycles. The summed E-state index contributed by atoms with van der Waals surface area (Å²) in [5, 5.41) is 13.3. The van der Waals surface area contributed by atoms with Crippen LogP contribution >= 0.6 is 0 Å². The molecule has 0 aliphatic carbocycles. The molecule has 148 valence electrons. The van der Waals surface area contributed by atoms with E-state index in [1.54, 1.807) is 0 Å². The molecule has 30 heavy (non-hydrogen) atoms. The Morgan fingerprint density at radius 3 is 2.53 bits per heavy atom. The molecular weight excluding hydrogens is 376 g/mol. The van der Waals surface area contributed by atoms with Crippen LogP contribution in [0.3, 0.4) is 0 Å². The maximum Gasteiger partial charge on any atom is 0.195 e. The first-order chi connectivity index (χ1) is 14.5. The van der Waals surface area contributed by atoms with Gasteiger partial charge in [-0.2, -0.15) is 5.26 Å². The van der Waals surface area contributed by atoms with Crippen molar-refractivity contribution in [3.8, 4) is 17.3 Å². The number of hydrogen-bond acceptors (Lipinski definition) is 6. The van der Waals surface area contributed by atoms with E-state index in [0.29, 0.717) is 16.8 Å². The normalized spacial score (nSPS) is 11.8. The van der Waals surface area contributed by atoms with Crippen molar-refractivity contribution >= 4 is 22.5 Å². The molecule has 0 aliphatic heterocycles. The second kappa shape index (κ2) is 7.68. The molecular formula is C23H20N6O. The molecule has 0 amide bonds. The van der Waals surface area contributed by atoms with Gasteiger partial charge in [0.1, 0.15) is 29.6 Å². The largest absolute Gasteiger partial charge is 0.382 e. The van der Waals surface area contributed by atoms with Gasteiger partial charge >= 0.3 is 0 Å². The quantitative estimate of drug-likeness (QED) is 0.545. The predicted molar refractivity (Wildman–Crippen MR) is 118 cm³/mol. The highest BCUT2D eigenvalue weighted by Crippen LogP contribution is 2.31. The molecule has 4 aromatic rings. The summed E-state index contributed by atoms with van der Waals surface area (Å²) in [7, 11) is 1.95. The van der Waals surface area contributed by atoms with Crippen molar-refractivity contribution in [3.63, 3.8) is 0 Å². The zero-order valence-corrected chi connectivity index (χ0v) is 16.6. The maximum atomic E-state index is 13.6. The van der Waals surface area contributed by atoms with E-state index in [4.69, 9.17) is 5.73 Å². The molecule has 7 nitrogen and oxygen atoms in total. The van der Waals surface area contributed by atoms with E-state index in [-0.39, 0.29) is 16.8 Å². The Labute approximate surface area is 173 Å². The minimum atomic E-state index is -0.440. The smallest absolute Gasteiger partial charge is 0.195 e. The van der Waals surface area contributed by atoms with E-state index in [1.165, 1.54) is 6.33 Å². The maximum absolute atomic E-state index is 13.6. The van der Waals surface area contributed by atoms with Gasteiger partial charge in [-0.3, -0.25) is 4.79 Å². The number of pyridine rings is 1. The van der Waals surface area contributed by atoms with E-state index >= 15 is 0 Å². The molecule has 0 radical (unpaired) electrons. The monoisotopic (exact) mass is 396 g/mol. The van der Waals surface area contributed by atoms with Crippen LogP contribution in [0.2, 0.25) is 0 Å². The summed E-state index contributed by atoms with van der Waals surface area (Å²) in [5.74, 6) is 0.392. The first-order valence-electron chi connectivity index (χ1n) is 9.47. The lowest BCUT2D eigenvalue weighted by atomic mass is 9.97. The number of anilines is 2. The van der Waals surface area contributed by atoms with Crippen molar-refractivity contribution in [2.24, 2.45) is 7.05 Å². The lowest BCUT2D eigenvalue weighted by Gasteiger charge is -2.23. The van der Waals surface area contributed by atoms with Crippen LogP contribution < -0.4 is 16.5 Å². The number of aromatic nitrogens is 3. The molecule has 1 atom stereocenters. The summed E-state index contributed by atoms with van der Waals surface area (Å²) >= 11 is 0. The van der Waals surface area contributed by atoms with Gasteiger partial charge in [0.05, 0.1) is 17.3 Å². The Balaban J connectivity index is 1.96. The van der Waals surface area contributed by atoms with E-state index in [0.717, 1.165) is 16.8 Å². The molecule has 2 aromatic carbocycles. The van der Waals surface area contributed by atoms with Crippen molar-refractivity contribution < 1.29 is 0 Å². The van der Waals surface area contributed by atoms with Gasteiger partial charge in [0.2, 0.25) is 0 Å². The fourth-order valence-electron chi connectivity index (χ4n) is 3.75. The van der Waals surface area contributed by atoms with Crippen molar-refractivity contribution in [1.29, 1.82) is 5.26 Å². The molecule has 1 unspecified atom stereocenters. The summed E-state index contributed by atoms with van der Waals surface area (Å²) in [6, 6.07) is 18.9. The Morgan fingerprint density at radius 1 is 1.10 bits per heavy atom. The van der Waals surface area contributed by atoms with Crippen LogP contribution in [-0.4, -0.2) is 14.5 Å². The Kier molecular flexibility index (Phi) is 4.90. The van der Waals surface area contributed by atoms with Gasteiger partial charge in [0.15, 0.2) is 5.43 Å². The Bertz CT molecular complexity index is 1340. The molecule has 2 heterocycles. The van der Waals surface area contributed by atoms with E-state index in [2.05, 4.69) is 15.3 Å². The van der Waals surface area contributed by atoms with Gasteiger partial charge in [0, 0.05) is 18.0 Å². The topological polar surface area (TPSA) is 110 Å². The number of fused-ring (bicyclic) bond motifs is 1. The highest BCUT2D eigenvalue weighted by molar-refractivity contribution is 5.84. The summed E-state index contributed by atoms with van der Waals surface area (Å²) in [6.45, 7) is 1.87. The van der Waals surface area contributed by atoms with Crippen molar-refractivity contribution in [1.82, 2.24) is 14.5 Å². The number of rotatable bonds is 4. The van der Waals surface area contributed by atoms with Gasteiger partial charge < -0.3 is 15.6 Å². The summed E-state index contributed by atoms with van der Waals surface area (Å²) in [5.41, 5.74) is 9.07. The Morgan fingerprint density at radius 2 is 1.80 bits per heavy atom. The van der Waals surface area contributed by atoms with Crippen molar-refractivity contribution in [2.75, 3.05) is 11.1 Å². The van der Waals surface area contributed by atoms with Gasteiger partial charge in [0.25, 0.3) is 0 Å². The molecule has 0 saturated carbocycles. The van der Waals surface area contributed by atoms with Crippen LogP contribution in [0.15, 0.2) is 65.7 Å². The minimum Gasteiger partial charge on any atom is -0.382 e. The van der Waals surface area contributed by atoms with Crippen LogP contribution in [0.1, 0.15) is 24.1 Å². The first-order valence-corrected chi connectivity index (χ1v) is 9.47. The van der Waals surface area contributed by atoms with Crippen molar-refractivity contribution in [2.45, 2.75) is 13.0 Å². The highest BCUT2D eigenvalue weighted by Gasteiger charge is 2.22. The molecule has 0 saturated heterocycles. The number of nitriles is 1. The second-order valence-electron chi connectivity index (χ2n) is 6.99. The molecule has 0 bridgehead atoms. The first kappa shape index (κ1) is 19.2. The zero-order valence-electron chi connectivity index (χ0n) is 16.6. The molecule has 0 spiro atoms. The Hall–Kier alpha value is -4.18. The lowest BCUT2D eigenvalue weighted by molar-refractivity contribution is 0.835. The standard InChI is InChI=1S/C23H20N6O/c1-14(28-23-17(12-24)22(25)26-13-27-23)19-20(15-8-4-3-5-9-15)29(2)18-11-7-6-10-16(18)21(19)30/h3-11,13-14H,1-2H3,(H3,25,26,27,28). The van der Waals surface area contributed by atoms with Crippen molar-refractivity contribution in [3.05, 3.63) is 82.3 Å². The zero-order chi connectivity index (χ0) is 21.3. The molecule has 7 heteroatoms. The number of nitrogens with two attached hydrogens (primary N) is 1. The highest BCUT2D eigenvalue weighted by atomic mass is 16.1. The van der Waals surface area contributed by atoms with E-state index < -0.39 is 6.04 Å². The fourth-order valence-corrected chi connectivity index (χ4v) is 3.75. The number of aryl methyl sites for hydroxylation is 1. The molecule has 0 fully saturated rings. The van der Waals surface area contributed by atoms with Crippen LogP contribution in [0.4, 0.5) is 11.6 Å². The molecule has 4 rings (SSSR count). The molecule has 0 aliphatic rings. The average Bonchev–Trinajstić information content (AvgIpc) is 2.76. The third-order valence-corrected chi connectivity index (χ3v) is 5.17. The SMILES string of the molecule is CC(Nc1ncnc(N)c1C#N)c1c(-c2ccccc2)n(C)c2ccccc2c1=O. The van der Waals surface area contributed by atoms with Crippen LogP contribution in [-0.2, 0) is 7.05 Å². The third-order valence-electron chi connectivity index (χ3n) is 5.17. The van der Waals surface area contributed by atoms with E-state index in [9.17, 15) is 10.1 Å².